The van der Waals surface area contributed by atoms with Gasteiger partial charge >= 0.3 is 0 Å². The summed E-state index contributed by atoms with van der Waals surface area (Å²) in [5.41, 5.74) is 1.46. The molecule has 1 aromatic rings. The highest BCUT2D eigenvalue weighted by Crippen LogP contribution is 2.42. The Kier molecular flexibility index (Phi) is 1.93. The van der Waals surface area contributed by atoms with Crippen LogP contribution >= 0.6 is 0 Å². The second-order valence-corrected chi connectivity index (χ2v) is 4.47. The third kappa shape index (κ3) is 1.21. The van der Waals surface area contributed by atoms with Crippen LogP contribution in [-0.4, -0.2) is 11.5 Å². The van der Waals surface area contributed by atoms with Crippen molar-refractivity contribution < 1.29 is 0 Å². The Morgan fingerprint density at radius 3 is 3.21 bits per heavy atom. The number of hydrogen-bond acceptors (Lipinski definition) is 2. The number of hydrogen-bond donors (Lipinski definition) is 1. The number of nitrogens with one attached hydrogen (secondary N) is 1. The summed E-state index contributed by atoms with van der Waals surface area (Å²) in [6.45, 7) is 1.13. The summed E-state index contributed by atoms with van der Waals surface area (Å²) in [6.07, 6.45) is 7.46. The SMILES string of the molecule is c1cnc2c(c1)[C@@H]1CCCCC1CN2. The Bertz CT molecular complexity index is 335. The summed E-state index contributed by atoms with van der Waals surface area (Å²) in [7, 11) is 0. The highest BCUT2D eigenvalue weighted by atomic mass is 15.0. The van der Waals surface area contributed by atoms with Crippen LogP contribution in [0.15, 0.2) is 18.3 Å². The van der Waals surface area contributed by atoms with E-state index < -0.39 is 0 Å². The second kappa shape index (κ2) is 3.26. The normalized spacial score (nSPS) is 30.0. The van der Waals surface area contributed by atoms with E-state index in [-0.39, 0.29) is 0 Å². The molecule has 2 heterocycles. The molecule has 0 spiro atoms. The van der Waals surface area contributed by atoms with E-state index in [0.29, 0.717) is 0 Å². The molecule has 2 heteroatoms. The van der Waals surface area contributed by atoms with Crippen molar-refractivity contribution in [3.8, 4) is 0 Å². The maximum Gasteiger partial charge on any atom is 0.129 e. The molecule has 1 fully saturated rings. The van der Waals surface area contributed by atoms with E-state index in [2.05, 4.69) is 22.4 Å². The van der Waals surface area contributed by atoms with Gasteiger partial charge in [-0.05, 0) is 36.3 Å². The predicted molar refractivity (Wildman–Crippen MR) is 57.4 cm³/mol. The van der Waals surface area contributed by atoms with E-state index in [1.54, 1.807) is 0 Å². The van der Waals surface area contributed by atoms with Crippen molar-refractivity contribution in [2.24, 2.45) is 5.92 Å². The van der Waals surface area contributed by atoms with Gasteiger partial charge in [0.1, 0.15) is 5.82 Å². The summed E-state index contributed by atoms with van der Waals surface area (Å²) in [6, 6.07) is 4.31. The van der Waals surface area contributed by atoms with Crippen molar-refractivity contribution in [3.05, 3.63) is 23.9 Å². The molecule has 1 aliphatic carbocycles. The summed E-state index contributed by atoms with van der Waals surface area (Å²) < 4.78 is 0. The molecule has 1 aliphatic heterocycles. The van der Waals surface area contributed by atoms with Gasteiger partial charge in [0, 0.05) is 12.7 Å². The van der Waals surface area contributed by atoms with E-state index in [1.807, 2.05) is 6.20 Å². The number of anilines is 1. The summed E-state index contributed by atoms with van der Waals surface area (Å²) >= 11 is 0. The van der Waals surface area contributed by atoms with E-state index in [4.69, 9.17) is 0 Å². The highest BCUT2D eigenvalue weighted by Gasteiger charge is 2.31. The van der Waals surface area contributed by atoms with Gasteiger partial charge in [-0.3, -0.25) is 0 Å². The lowest BCUT2D eigenvalue weighted by molar-refractivity contribution is 0.312. The molecular formula is C12H16N2. The van der Waals surface area contributed by atoms with Crippen LogP contribution in [0.2, 0.25) is 0 Å². The summed E-state index contributed by atoms with van der Waals surface area (Å²) in [5, 5.41) is 3.45. The van der Waals surface area contributed by atoms with Gasteiger partial charge in [-0.2, -0.15) is 0 Å². The van der Waals surface area contributed by atoms with Crippen molar-refractivity contribution in [2.75, 3.05) is 11.9 Å². The first kappa shape index (κ1) is 8.27. The Labute approximate surface area is 84.7 Å². The molecule has 2 atom stereocenters. The van der Waals surface area contributed by atoms with Crippen molar-refractivity contribution in [1.82, 2.24) is 4.98 Å². The fourth-order valence-electron chi connectivity index (χ4n) is 2.95. The Hall–Kier alpha value is -1.05. The van der Waals surface area contributed by atoms with Gasteiger partial charge in [-0.25, -0.2) is 4.98 Å². The number of nitrogens with zero attached hydrogens (tertiary/aromatic N) is 1. The minimum absolute atomic E-state index is 0.786. The number of rotatable bonds is 0. The van der Waals surface area contributed by atoms with Crippen molar-refractivity contribution in [1.29, 1.82) is 0 Å². The van der Waals surface area contributed by atoms with Gasteiger partial charge in [0.25, 0.3) is 0 Å². The van der Waals surface area contributed by atoms with Gasteiger partial charge in [-0.1, -0.05) is 18.9 Å². The molecule has 0 saturated heterocycles. The molecule has 2 nitrogen and oxygen atoms in total. The molecule has 3 rings (SSSR count). The Morgan fingerprint density at radius 1 is 1.29 bits per heavy atom. The summed E-state index contributed by atoms with van der Waals surface area (Å²) in [4.78, 5) is 4.40. The van der Waals surface area contributed by atoms with Gasteiger partial charge < -0.3 is 5.32 Å². The quantitative estimate of drug-likeness (QED) is 0.677. The Balaban J connectivity index is 1.99. The lowest BCUT2D eigenvalue weighted by Crippen LogP contribution is -2.30. The van der Waals surface area contributed by atoms with Crippen LogP contribution in [-0.2, 0) is 0 Å². The van der Waals surface area contributed by atoms with E-state index in [0.717, 1.165) is 24.2 Å². The zero-order chi connectivity index (χ0) is 9.38. The largest absolute Gasteiger partial charge is 0.370 e. The second-order valence-electron chi connectivity index (χ2n) is 4.47. The van der Waals surface area contributed by atoms with E-state index >= 15 is 0 Å². The first-order chi connectivity index (χ1) is 6.95. The molecule has 1 unspecified atom stereocenters. The number of aromatic nitrogens is 1. The topological polar surface area (TPSA) is 24.9 Å². The van der Waals surface area contributed by atoms with E-state index in [9.17, 15) is 0 Å². The molecule has 1 N–H and O–H groups in total. The van der Waals surface area contributed by atoms with E-state index in [1.165, 1.54) is 31.2 Å². The predicted octanol–water partition coefficient (Wildman–Crippen LogP) is 2.78. The van der Waals surface area contributed by atoms with Gasteiger partial charge in [0.2, 0.25) is 0 Å². The van der Waals surface area contributed by atoms with Crippen LogP contribution in [0.3, 0.4) is 0 Å². The highest BCUT2D eigenvalue weighted by molar-refractivity contribution is 5.49. The first-order valence-corrected chi connectivity index (χ1v) is 5.64. The summed E-state index contributed by atoms with van der Waals surface area (Å²) in [5.74, 6) is 2.78. The maximum atomic E-state index is 4.40. The smallest absolute Gasteiger partial charge is 0.129 e. The zero-order valence-electron chi connectivity index (χ0n) is 8.37. The minimum atomic E-state index is 0.786. The average molecular weight is 188 g/mol. The minimum Gasteiger partial charge on any atom is -0.370 e. The monoisotopic (exact) mass is 188 g/mol. The lowest BCUT2D eigenvalue weighted by atomic mass is 9.74. The fraction of sp³-hybridized carbons (Fsp3) is 0.583. The lowest BCUT2D eigenvalue weighted by Gasteiger charge is -2.37. The molecular weight excluding hydrogens is 172 g/mol. The van der Waals surface area contributed by atoms with Gasteiger partial charge in [-0.15, -0.1) is 0 Å². The van der Waals surface area contributed by atoms with Crippen molar-refractivity contribution in [2.45, 2.75) is 31.6 Å². The molecule has 1 aromatic heterocycles. The van der Waals surface area contributed by atoms with Gasteiger partial charge in [0.15, 0.2) is 0 Å². The third-order valence-electron chi connectivity index (χ3n) is 3.68. The number of fused-ring (bicyclic) bond motifs is 3. The molecule has 1 saturated carbocycles. The number of pyridine rings is 1. The third-order valence-corrected chi connectivity index (χ3v) is 3.68. The van der Waals surface area contributed by atoms with Crippen molar-refractivity contribution in [3.63, 3.8) is 0 Å². The van der Waals surface area contributed by atoms with Crippen LogP contribution in [0.25, 0.3) is 0 Å². The molecule has 74 valence electrons. The molecule has 2 aliphatic rings. The van der Waals surface area contributed by atoms with Crippen LogP contribution in [0.1, 0.15) is 37.2 Å². The maximum absolute atomic E-state index is 4.40. The fourth-order valence-corrected chi connectivity index (χ4v) is 2.95. The molecule has 0 aromatic carbocycles. The molecule has 0 bridgehead atoms. The van der Waals surface area contributed by atoms with Crippen LogP contribution in [0, 0.1) is 5.92 Å². The van der Waals surface area contributed by atoms with Crippen LogP contribution < -0.4 is 5.32 Å². The standard InChI is InChI=1S/C12H16N2/c1-2-5-10-9(4-1)8-14-12-11(10)6-3-7-13-12/h3,6-7,9-10H,1-2,4-5,8H2,(H,13,14)/t9?,10-/m1/s1. The van der Waals surface area contributed by atoms with Gasteiger partial charge in [0.05, 0.1) is 0 Å². The first-order valence-electron chi connectivity index (χ1n) is 5.64. The van der Waals surface area contributed by atoms with Crippen molar-refractivity contribution >= 4 is 5.82 Å². The Morgan fingerprint density at radius 2 is 2.21 bits per heavy atom. The average Bonchev–Trinajstić information content (AvgIpc) is 2.29. The zero-order valence-corrected chi connectivity index (χ0v) is 8.37. The van der Waals surface area contributed by atoms with Crippen LogP contribution in [0.5, 0.6) is 0 Å². The molecule has 0 amide bonds. The molecule has 0 radical (unpaired) electrons. The molecule has 14 heavy (non-hydrogen) atoms. The van der Waals surface area contributed by atoms with Crippen LogP contribution in [0.4, 0.5) is 5.82 Å².